The maximum Gasteiger partial charge on any atom is 0.335 e. The molecule has 28 heavy (non-hydrogen) atoms. The zero-order valence-corrected chi connectivity index (χ0v) is 15.7. The van der Waals surface area contributed by atoms with Crippen LogP contribution in [0.5, 0.6) is 17.4 Å². The molecule has 1 aromatic heterocycles. The molecular formula is C22H21N3O3. The van der Waals surface area contributed by atoms with Gasteiger partial charge in [-0.1, -0.05) is 30.3 Å². The average molecular weight is 375 g/mol. The summed E-state index contributed by atoms with van der Waals surface area (Å²) in [7, 11) is 3.45. The molecule has 6 nitrogen and oxygen atoms in total. The van der Waals surface area contributed by atoms with Crippen molar-refractivity contribution < 1.29 is 9.84 Å². The molecule has 0 spiro atoms. The summed E-state index contributed by atoms with van der Waals surface area (Å²) in [6, 6.07) is 19.5. The van der Waals surface area contributed by atoms with Crippen molar-refractivity contribution in [3.05, 3.63) is 82.9 Å². The summed E-state index contributed by atoms with van der Waals surface area (Å²) in [4.78, 5) is 12.3. The van der Waals surface area contributed by atoms with Gasteiger partial charge in [-0.2, -0.15) is 0 Å². The number of nitrogens with zero attached hydrogens (tertiary/aromatic N) is 2. The molecule has 3 aromatic carbocycles. The van der Waals surface area contributed by atoms with E-state index in [-0.39, 0.29) is 11.6 Å². The van der Waals surface area contributed by atoms with E-state index in [0.29, 0.717) is 18.0 Å². The van der Waals surface area contributed by atoms with Crippen LogP contribution >= 0.6 is 0 Å². The van der Waals surface area contributed by atoms with Crippen LogP contribution in [0, 0.1) is 0 Å². The minimum absolute atomic E-state index is 0.105. The van der Waals surface area contributed by atoms with Gasteiger partial charge in [0.2, 0.25) is 5.88 Å². The van der Waals surface area contributed by atoms with Crippen LogP contribution in [-0.2, 0) is 13.6 Å². The van der Waals surface area contributed by atoms with E-state index in [1.165, 1.54) is 15.3 Å². The van der Waals surface area contributed by atoms with E-state index in [2.05, 4.69) is 11.4 Å². The zero-order chi connectivity index (χ0) is 19.7. The first-order chi connectivity index (χ1) is 13.6. The number of rotatable bonds is 5. The van der Waals surface area contributed by atoms with E-state index in [1.54, 1.807) is 13.1 Å². The minimum atomic E-state index is -0.309. The molecule has 6 heteroatoms. The predicted molar refractivity (Wildman–Crippen MR) is 109 cm³/mol. The molecule has 0 atom stereocenters. The second kappa shape index (κ2) is 7.25. The Morgan fingerprint density at radius 2 is 1.82 bits per heavy atom. The summed E-state index contributed by atoms with van der Waals surface area (Å²) in [5.41, 5.74) is 1.15. The normalized spacial score (nSPS) is 11.1. The highest BCUT2D eigenvalue weighted by Gasteiger charge is 2.13. The third-order valence-electron chi connectivity index (χ3n) is 4.65. The topological polar surface area (TPSA) is 68.4 Å². The van der Waals surface area contributed by atoms with Gasteiger partial charge < -0.3 is 15.2 Å². The third kappa shape index (κ3) is 3.25. The summed E-state index contributed by atoms with van der Waals surface area (Å²) >= 11 is 0. The molecule has 0 fully saturated rings. The largest absolute Gasteiger partial charge is 0.493 e. The maximum absolute atomic E-state index is 12.3. The van der Waals surface area contributed by atoms with Gasteiger partial charge in [-0.3, -0.25) is 4.57 Å². The number of aromatic nitrogens is 2. The Balaban J connectivity index is 1.73. The van der Waals surface area contributed by atoms with E-state index in [1.807, 2.05) is 55.6 Å². The summed E-state index contributed by atoms with van der Waals surface area (Å²) < 4.78 is 8.73. The van der Waals surface area contributed by atoms with Gasteiger partial charge in [0.05, 0.1) is 11.9 Å². The van der Waals surface area contributed by atoms with Crippen LogP contribution in [0.2, 0.25) is 0 Å². The fourth-order valence-electron chi connectivity index (χ4n) is 3.28. The second-order valence-corrected chi connectivity index (χ2v) is 6.65. The van der Waals surface area contributed by atoms with Crippen molar-refractivity contribution in [1.82, 2.24) is 14.5 Å². The SMILES string of the molecule is CNCc1cc(-n2c(O)cn(C)c2=O)ccc1Oc1ccc2ccccc2c1. The Bertz CT molecular complexity index is 1210. The van der Waals surface area contributed by atoms with E-state index in [4.69, 9.17) is 4.74 Å². The number of benzene rings is 3. The van der Waals surface area contributed by atoms with Crippen LogP contribution in [-0.4, -0.2) is 21.3 Å². The molecule has 0 amide bonds. The number of hydrogen-bond acceptors (Lipinski definition) is 4. The van der Waals surface area contributed by atoms with Crippen LogP contribution < -0.4 is 15.7 Å². The Kier molecular flexibility index (Phi) is 4.63. The number of fused-ring (bicyclic) bond motifs is 1. The summed E-state index contributed by atoms with van der Waals surface area (Å²) in [6.45, 7) is 0.555. The summed E-state index contributed by atoms with van der Waals surface area (Å²) in [5, 5.41) is 15.5. The second-order valence-electron chi connectivity index (χ2n) is 6.65. The number of nitrogens with one attached hydrogen (secondary N) is 1. The monoisotopic (exact) mass is 375 g/mol. The maximum atomic E-state index is 12.3. The molecule has 0 aliphatic rings. The molecule has 0 unspecified atom stereocenters. The predicted octanol–water partition coefficient (Wildman–Crippen LogP) is 3.55. The van der Waals surface area contributed by atoms with Crippen molar-refractivity contribution >= 4 is 10.8 Å². The molecule has 0 bridgehead atoms. The summed E-state index contributed by atoms with van der Waals surface area (Å²) in [5.74, 6) is 1.33. The number of imidazole rings is 1. The van der Waals surface area contributed by atoms with Crippen molar-refractivity contribution in [3.8, 4) is 23.1 Å². The molecule has 4 rings (SSSR count). The van der Waals surface area contributed by atoms with Gasteiger partial charge in [0.1, 0.15) is 11.5 Å². The van der Waals surface area contributed by atoms with Crippen molar-refractivity contribution in [3.63, 3.8) is 0 Å². The van der Waals surface area contributed by atoms with Crippen LogP contribution in [0.15, 0.2) is 71.7 Å². The zero-order valence-electron chi connectivity index (χ0n) is 15.7. The van der Waals surface area contributed by atoms with E-state index >= 15 is 0 Å². The molecule has 0 radical (unpaired) electrons. The number of hydrogen-bond donors (Lipinski definition) is 2. The van der Waals surface area contributed by atoms with E-state index in [0.717, 1.165) is 22.1 Å². The first kappa shape index (κ1) is 17.9. The molecule has 4 aromatic rings. The Morgan fingerprint density at radius 1 is 1.04 bits per heavy atom. The van der Waals surface area contributed by atoms with Crippen LogP contribution in [0.25, 0.3) is 16.5 Å². The lowest BCUT2D eigenvalue weighted by molar-refractivity contribution is 0.440. The van der Waals surface area contributed by atoms with Gasteiger partial charge in [-0.05, 0) is 48.2 Å². The highest BCUT2D eigenvalue weighted by Crippen LogP contribution is 2.30. The third-order valence-corrected chi connectivity index (χ3v) is 4.65. The van der Waals surface area contributed by atoms with Gasteiger partial charge >= 0.3 is 5.69 Å². The highest BCUT2D eigenvalue weighted by molar-refractivity contribution is 5.83. The van der Waals surface area contributed by atoms with E-state index < -0.39 is 0 Å². The lowest BCUT2D eigenvalue weighted by atomic mass is 10.1. The van der Waals surface area contributed by atoms with Crippen molar-refractivity contribution in [2.45, 2.75) is 6.54 Å². The lowest BCUT2D eigenvalue weighted by Crippen LogP contribution is -2.21. The quantitative estimate of drug-likeness (QED) is 0.560. The standard InChI is InChI=1S/C22H21N3O3/c1-23-13-17-11-18(25-21(26)14-24(2)22(25)27)8-10-20(17)28-19-9-7-15-5-3-4-6-16(15)12-19/h3-12,14,23,26H,13H2,1-2H3. The van der Waals surface area contributed by atoms with Crippen molar-refractivity contribution in [2.24, 2.45) is 7.05 Å². The highest BCUT2D eigenvalue weighted by atomic mass is 16.5. The Hall–Kier alpha value is -3.51. The number of aryl methyl sites for hydroxylation is 1. The first-order valence-corrected chi connectivity index (χ1v) is 8.99. The Labute approximate surface area is 162 Å². The summed E-state index contributed by atoms with van der Waals surface area (Å²) in [6.07, 6.45) is 1.39. The van der Waals surface area contributed by atoms with Gasteiger partial charge in [-0.15, -0.1) is 0 Å². The number of ether oxygens (including phenoxy) is 1. The van der Waals surface area contributed by atoms with Crippen molar-refractivity contribution in [1.29, 1.82) is 0 Å². The first-order valence-electron chi connectivity index (χ1n) is 8.99. The molecule has 2 N–H and O–H groups in total. The Morgan fingerprint density at radius 3 is 2.54 bits per heavy atom. The minimum Gasteiger partial charge on any atom is -0.493 e. The van der Waals surface area contributed by atoms with Gasteiger partial charge in [0, 0.05) is 19.2 Å². The van der Waals surface area contributed by atoms with Gasteiger partial charge in [-0.25, -0.2) is 9.36 Å². The van der Waals surface area contributed by atoms with Crippen molar-refractivity contribution in [2.75, 3.05) is 7.05 Å². The molecule has 1 heterocycles. The van der Waals surface area contributed by atoms with Gasteiger partial charge in [0.15, 0.2) is 0 Å². The van der Waals surface area contributed by atoms with Crippen LogP contribution in [0.1, 0.15) is 5.56 Å². The molecule has 0 saturated heterocycles. The molecule has 0 saturated carbocycles. The average Bonchev–Trinajstić information content (AvgIpc) is 2.95. The fourth-order valence-corrected chi connectivity index (χ4v) is 3.28. The lowest BCUT2D eigenvalue weighted by Gasteiger charge is -2.14. The van der Waals surface area contributed by atoms with Crippen LogP contribution in [0.3, 0.4) is 0 Å². The van der Waals surface area contributed by atoms with Gasteiger partial charge in [0.25, 0.3) is 0 Å². The molecule has 0 aliphatic heterocycles. The molecule has 0 aliphatic carbocycles. The fraction of sp³-hybridized carbons (Fsp3) is 0.136. The van der Waals surface area contributed by atoms with Crippen LogP contribution in [0.4, 0.5) is 0 Å². The molecule has 142 valence electrons. The van der Waals surface area contributed by atoms with E-state index in [9.17, 15) is 9.90 Å². The number of aromatic hydroxyl groups is 1. The molecular weight excluding hydrogens is 354 g/mol. The smallest absolute Gasteiger partial charge is 0.335 e.